The number of hydrogen-bond donors (Lipinski definition) is 2. The Bertz CT molecular complexity index is 310. The van der Waals surface area contributed by atoms with E-state index in [0.29, 0.717) is 6.61 Å². The van der Waals surface area contributed by atoms with E-state index in [9.17, 15) is 9.59 Å². The van der Waals surface area contributed by atoms with Crippen LogP contribution in [0.2, 0.25) is 0 Å². The molecule has 3 N–H and O–H groups in total. The number of esters is 1. The van der Waals surface area contributed by atoms with Crippen LogP contribution in [0.3, 0.4) is 0 Å². The molecule has 1 rings (SSSR count). The first kappa shape index (κ1) is 16.0. The van der Waals surface area contributed by atoms with Crippen molar-refractivity contribution in [3.05, 3.63) is 0 Å². The Labute approximate surface area is 115 Å². The van der Waals surface area contributed by atoms with Crippen molar-refractivity contribution >= 4 is 11.9 Å². The van der Waals surface area contributed by atoms with Gasteiger partial charge < -0.3 is 15.8 Å². The highest BCUT2D eigenvalue weighted by Crippen LogP contribution is 2.25. The molecule has 0 heterocycles. The van der Waals surface area contributed by atoms with Gasteiger partial charge in [0.2, 0.25) is 5.91 Å². The number of amides is 1. The molecule has 0 saturated heterocycles. The Morgan fingerprint density at radius 3 is 2.32 bits per heavy atom. The molecule has 5 heteroatoms. The largest absolute Gasteiger partial charge is 0.466 e. The van der Waals surface area contributed by atoms with Gasteiger partial charge in [-0.2, -0.15) is 0 Å². The Balaban J connectivity index is 2.34. The average molecular weight is 270 g/mol. The minimum atomic E-state index is -0.456. The van der Waals surface area contributed by atoms with Gasteiger partial charge in [0.1, 0.15) is 0 Å². The Hall–Kier alpha value is -1.10. The fourth-order valence-electron chi connectivity index (χ4n) is 2.33. The molecule has 1 amide bonds. The van der Waals surface area contributed by atoms with Crippen LogP contribution in [-0.4, -0.2) is 30.6 Å². The van der Waals surface area contributed by atoms with Crippen LogP contribution in [0.5, 0.6) is 0 Å². The van der Waals surface area contributed by atoms with Crippen molar-refractivity contribution in [1.29, 1.82) is 0 Å². The first-order valence-corrected chi connectivity index (χ1v) is 7.18. The predicted molar refractivity (Wildman–Crippen MR) is 73.3 cm³/mol. The monoisotopic (exact) mass is 270 g/mol. The number of nitrogens with two attached hydrogens (primary N) is 1. The van der Waals surface area contributed by atoms with E-state index in [1.54, 1.807) is 0 Å². The molecule has 1 saturated carbocycles. The summed E-state index contributed by atoms with van der Waals surface area (Å²) in [5.41, 5.74) is 5.81. The van der Waals surface area contributed by atoms with E-state index >= 15 is 0 Å². The topological polar surface area (TPSA) is 81.4 Å². The predicted octanol–water partition coefficient (Wildman–Crippen LogP) is 1.21. The number of rotatable bonds is 5. The molecule has 1 fully saturated rings. The lowest BCUT2D eigenvalue weighted by Gasteiger charge is -2.29. The quantitative estimate of drug-likeness (QED) is 0.736. The van der Waals surface area contributed by atoms with Crippen LogP contribution in [0.15, 0.2) is 0 Å². The minimum absolute atomic E-state index is 0.00752. The highest BCUT2D eigenvalue weighted by atomic mass is 16.5. The van der Waals surface area contributed by atoms with Crippen LogP contribution in [0.1, 0.15) is 46.5 Å². The van der Waals surface area contributed by atoms with Gasteiger partial charge in [0.05, 0.1) is 18.6 Å². The minimum Gasteiger partial charge on any atom is -0.466 e. The molecule has 0 aromatic carbocycles. The van der Waals surface area contributed by atoms with E-state index in [4.69, 9.17) is 10.5 Å². The Morgan fingerprint density at radius 1 is 1.26 bits per heavy atom. The zero-order valence-corrected chi connectivity index (χ0v) is 12.1. The van der Waals surface area contributed by atoms with Crippen LogP contribution >= 0.6 is 0 Å². The van der Waals surface area contributed by atoms with Crippen LogP contribution in [0.4, 0.5) is 0 Å². The van der Waals surface area contributed by atoms with Gasteiger partial charge in [-0.15, -0.1) is 0 Å². The molecule has 0 bridgehead atoms. The van der Waals surface area contributed by atoms with Crippen LogP contribution in [0, 0.1) is 11.8 Å². The number of carbonyl (C=O) groups excluding carboxylic acids is 2. The van der Waals surface area contributed by atoms with Crippen molar-refractivity contribution < 1.29 is 14.3 Å². The fourth-order valence-corrected chi connectivity index (χ4v) is 2.33. The summed E-state index contributed by atoms with van der Waals surface area (Å²) in [5, 5.41) is 2.98. The standard InChI is InChI=1S/C14H26N2O3/c1-4-19-14(18)10-5-7-11(8-6-10)16-13(17)12(15)9(2)3/h9-12H,4-8,15H2,1-3H3,(H,16,17)/t10?,11?,12-/m0/s1. The molecular weight excluding hydrogens is 244 g/mol. The fraction of sp³-hybridized carbons (Fsp3) is 0.857. The van der Waals surface area contributed by atoms with Crippen molar-refractivity contribution in [2.45, 2.75) is 58.5 Å². The average Bonchev–Trinajstić information content (AvgIpc) is 2.38. The summed E-state index contributed by atoms with van der Waals surface area (Å²) in [7, 11) is 0. The molecular formula is C14H26N2O3. The molecule has 1 atom stereocenters. The normalized spacial score (nSPS) is 24.9. The van der Waals surface area contributed by atoms with E-state index in [2.05, 4.69) is 5.32 Å². The SMILES string of the molecule is CCOC(=O)C1CCC(NC(=O)[C@@H](N)C(C)C)CC1. The Kier molecular flexibility index (Phi) is 6.28. The van der Waals surface area contributed by atoms with Crippen molar-refractivity contribution in [2.75, 3.05) is 6.61 Å². The summed E-state index contributed by atoms with van der Waals surface area (Å²) in [6, 6.07) is -0.314. The first-order valence-electron chi connectivity index (χ1n) is 7.18. The zero-order valence-electron chi connectivity index (χ0n) is 12.1. The van der Waals surface area contributed by atoms with E-state index in [1.165, 1.54) is 0 Å². The lowest BCUT2D eigenvalue weighted by Crippen LogP contribution is -2.48. The molecule has 5 nitrogen and oxygen atoms in total. The van der Waals surface area contributed by atoms with Gasteiger partial charge in [-0.05, 0) is 38.5 Å². The van der Waals surface area contributed by atoms with Gasteiger partial charge >= 0.3 is 5.97 Å². The molecule has 0 unspecified atom stereocenters. The van der Waals surface area contributed by atoms with Crippen molar-refractivity contribution in [3.8, 4) is 0 Å². The van der Waals surface area contributed by atoms with Gasteiger partial charge in [0.15, 0.2) is 0 Å². The molecule has 0 spiro atoms. The van der Waals surface area contributed by atoms with Gasteiger partial charge in [0.25, 0.3) is 0 Å². The van der Waals surface area contributed by atoms with Crippen LogP contribution < -0.4 is 11.1 Å². The smallest absolute Gasteiger partial charge is 0.308 e. The highest BCUT2D eigenvalue weighted by Gasteiger charge is 2.29. The van der Waals surface area contributed by atoms with Crippen molar-refractivity contribution in [3.63, 3.8) is 0 Å². The molecule has 110 valence electrons. The zero-order chi connectivity index (χ0) is 14.4. The summed E-state index contributed by atoms with van der Waals surface area (Å²) in [5.74, 6) is -0.0662. The third-order valence-corrected chi connectivity index (χ3v) is 3.71. The Morgan fingerprint density at radius 2 is 1.84 bits per heavy atom. The van der Waals surface area contributed by atoms with Gasteiger partial charge in [0, 0.05) is 6.04 Å². The van der Waals surface area contributed by atoms with Crippen LogP contribution in [0.25, 0.3) is 0 Å². The summed E-state index contributed by atoms with van der Waals surface area (Å²) in [6.45, 7) is 6.11. The maximum atomic E-state index is 11.8. The molecule has 19 heavy (non-hydrogen) atoms. The third kappa shape index (κ3) is 4.82. The molecule has 0 radical (unpaired) electrons. The second kappa shape index (κ2) is 7.48. The van der Waals surface area contributed by atoms with Gasteiger partial charge in [-0.3, -0.25) is 9.59 Å². The summed E-state index contributed by atoms with van der Waals surface area (Å²) >= 11 is 0. The molecule has 0 aromatic rings. The number of hydrogen-bond acceptors (Lipinski definition) is 4. The highest BCUT2D eigenvalue weighted by molar-refractivity contribution is 5.82. The number of ether oxygens (including phenoxy) is 1. The van der Waals surface area contributed by atoms with E-state index in [1.807, 2.05) is 20.8 Å². The van der Waals surface area contributed by atoms with Crippen LogP contribution in [-0.2, 0) is 14.3 Å². The third-order valence-electron chi connectivity index (χ3n) is 3.71. The van der Waals surface area contributed by atoms with E-state index in [-0.39, 0.29) is 29.8 Å². The summed E-state index contributed by atoms with van der Waals surface area (Å²) < 4.78 is 5.02. The number of nitrogens with one attached hydrogen (secondary N) is 1. The van der Waals surface area contributed by atoms with Gasteiger partial charge in [-0.1, -0.05) is 13.8 Å². The second-order valence-electron chi connectivity index (χ2n) is 5.58. The molecule has 0 aliphatic heterocycles. The lowest BCUT2D eigenvalue weighted by atomic mass is 9.86. The molecule has 0 aromatic heterocycles. The van der Waals surface area contributed by atoms with Crippen molar-refractivity contribution in [2.24, 2.45) is 17.6 Å². The summed E-state index contributed by atoms with van der Waals surface area (Å²) in [6.07, 6.45) is 3.20. The van der Waals surface area contributed by atoms with E-state index in [0.717, 1.165) is 25.7 Å². The van der Waals surface area contributed by atoms with Gasteiger partial charge in [-0.25, -0.2) is 0 Å². The summed E-state index contributed by atoms with van der Waals surface area (Å²) in [4.78, 5) is 23.4. The maximum Gasteiger partial charge on any atom is 0.308 e. The molecule has 1 aliphatic rings. The van der Waals surface area contributed by atoms with Crippen molar-refractivity contribution in [1.82, 2.24) is 5.32 Å². The second-order valence-corrected chi connectivity index (χ2v) is 5.58. The number of carbonyl (C=O) groups is 2. The maximum absolute atomic E-state index is 11.8. The molecule has 1 aliphatic carbocycles. The lowest BCUT2D eigenvalue weighted by molar-refractivity contribution is -0.149. The first-order chi connectivity index (χ1) is 8.95. The van der Waals surface area contributed by atoms with E-state index < -0.39 is 6.04 Å².